The molecule has 1 aromatic rings. The van der Waals surface area contributed by atoms with Gasteiger partial charge < -0.3 is 36.0 Å². The van der Waals surface area contributed by atoms with Crippen molar-refractivity contribution in [3.05, 3.63) is 23.8 Å². The summed E-state index contributed by atoms with van der Waals surface area (Å²) in [5.74, 6) is -1.02. The number of benzene rings is 1. The zero-order chi connectivity index (χ0) is 30.6. The molecule has 12 atom stereocenters. The van der Waals surface area contributed by atoms with E-state index in [2.05, 4.69) is 26.1 Å². The van der Waals surface area contributed by atoms with E-state index in [0.717, 1.165) is 32.1 Å². The van der Waals surface area contributed by atoms with Crippen LogP contribution < -0.4 is 5.32 Å². The molecule has 42 heavy (non-hydrogen) atoms. The summed E-state index contributed by atoms with van der Waals surface area (Å²) in [4.78, 5) is 24.7. The van der Waals surface area contributed by atoms with E-state index < -0.39 is 24.2 Å². The third-order valence-electron chi connectivity index (χ3n) is 12.5. The Labute approximate surface area is 248 Å². The molecular formula is C33H49NO8. The van der Waals surface area contributed by atoms with Crippen molar-refractivity contribution in [1.82, 2.24) is 5.32 Å². The first-order chi connectivity index (χ1) is 19.7. The van der Waals surface area contributed by atoms with E-state index in [0.29, 0.717) is 24.8 Å². The third-order valence-corrected chi connectivity index (χ3v) is 12.5. The lowest BCUT2D eigenvalue weighted by Gasteiger charge is -2.63. The summed E-state index contributed by atoms with van der Waals surface area (Å²) in [5, 5.41) is 65.1. The molecule has 0 aliphatic heterocycles. The number of rotatable bonds is 8. The lowest BCUT2D eigenvalue weighted by Crippen LogP contribution is -2.62. The van der Waals surface area contributed by atoms with E-state index in [1.165, 1.54) is 18.2 Å². The van der Waals surface area contributed by atoms with Gasteiger partial charge in [0.1, 0.15) is 6.04 Å². The van der Waals surface area contributed by atoms with Gasteiger partial charge in [0.15, 0.2) is 11.5 Å². The Morgan fingerprint density at radius 1 is 1.00 bits per heavy atom. The Kier molecular flexibility index (Phi) is 8.60. The maximum Gasteiger partial charge on any atom is 0.326 e. The highest BCUT2D eigenvalue weighted by Gasteiger charge is 2.65. The van der Waals surface area contributed by atoms with Crippen LogP contribution in [0.2, 0.25) is 0 Å². The first-order valence-corrected chi connectivity index (χ1v) is 15.8. The van der Waals surface area contributed by atoms with Crippen molar-refractivity contribution < 1.29 is 40.2 Å². The monoisotopic (exact) mass is 587 g/mol. The number of aliphatic hydroxyl groups is 3. The summed E-state index contributed by atoms with van der Waals surface area (Å²) in [6.07, 6.45) is 5.16. The molecule has 9 nitrogen and oxygen atoms in total. The first kappa shape index (κ1) is 31.1. The fourth-order valence-electron chi connectivity index (χ4n) is 10.1. The first-order valence-electron chi connectivity index (χ1n) is 15.8. The molecule has 7 N–H and O–H groups in total. The SMILES string of the molecule is C[C@H](CCC(=O)NC(Cc1ccc(O)c(O)c1)C(=O)O)[C@H]1CC[C@H]2[C@@H]3[C@H](O)C[C@@H]4C[C@H](O)CC[C@]4(C)[C@H]3C[C@H](O)[C@]12C. The third kappa shape index (κ3) is 5.41. The number of carboxylic acids is 1. The molecule has 4 fully saturated rings. The van der Waals surface area contributed by atoms with Gasteiger partial charge in [-0.05, 0) is 115 Å². The molecule has 4 aliphatic carbocycles. The van der Waals surface area contributed by atoms with Crippen molar-refractivity contribution in [2.24, 2.45) is 46.3 Å². The van der Waals surface area contributed by atoms with Crippen LogP contribution in [0.25, 0.3) is 0 Å². The largest absolute Gasteiger partial charge is 0.504 e. The van der Waals surface area contributed by atoms with Gasteiger partial charge in [-0.2, -0.15) is 0 Å². The fraction of sp³-hybridized carbons (Fsp3) is 0.758. The maximum atomic E-state index is 12.9. The second-order valence-electron chi connectivity index (χ2n) is 14.5. The molecule has 4 saturated carbocycles. The predicted molar refractivity (Wildman–Crippen MR) is 155 cm³/mol. The number of carboxylic acid groups (broad SMARTS) is 1. The van der Waals surface area contributed by atoms with Gasteiger partial charge in [0.2, 0.25) is 5.91 Å². The van der Waals surface area contributed by atoms with Crippen molar-refractivity contribution >= 4 is 11.9 Å². The number of phenols is 2. The van der Waals surface area contributed by atoms with Gasteiger partial charge in [0.25, 0.3) is 0 Å². The van der Waals surface area contributed by atoms with E-state index in [4.69, 9.17) is 0 Å². The average Bonchev–Trinajstić information content (AvgIpc) is 3.29. The Morgan fingerprint density at radius 2 is 1.74 bits per heavy atom. The smallest absolute Gasteiger partial charge is 0.326 e. The molecule has 0 bridgehead atoms. The topological polar surface area (TPSA) is 168 Å². The predicted octanol–water partition coefficient (Wildman–Crippen LogP) is 3.59. The molecular weight excluding hydrogens is 538 g/mol. The van der Waals surface area contributed by atoms with Crippen LogP contribution in [0.1, 0.15) is 84.1 Å². The highest BCUT2D eigenvalue weighted by atomic mass is 16.4. The van der Waals surface area contributed by atoms with Gasteiger partial charge >= 0.3 is 5.97 Å². The Morgan fingerprint density at radius 3 is 2.43 bits per heavy atom. The Bertz CT molecular complexity index is 1170. The van der Waals surface area contributed by atoms with Crippen molar-refractivity contribution in [2.75, 3.05) is 0 Å². The average molecular weight is 588 g/mol. The molecule has 9 heteroatoms. The number of hydrogen-bond donors (Lipinski definition) is 7. The van der Waals surface area contributed by atoms with Crippen molar-refractivity contribution in [3.8, 4) is 11.5 Å². The van der Waals surface area contributed by atoms with E-state index in [1.54, 1.807) is 0 Å². The van der Waals surface area contributed by atoms with Crippen LogP contribution in [0.5, 0.6) is 11.5 Å². The molecule has 0 radical (unpaired) electrons. The van der Waals surface area contributed by atoms with Gasteiger partial charge in [-0.15, -0.1) is 0 Å². The van der Waals surface area contributed by atoms with Crippen molar-refractivity contribution in [2.45, 2.75) is 109 Å². The second kappa shape index (κ2) is 11.6. The number of hydrogen-bond acceptors (Lipinski definition) is 7. The lowest BCUT2D eigenvalue weighted by molar-refractivity contribution is -0.207. The number of carbonyl (C=O) groups excluding carboxylic acids is 1. The Hall–Kier alpha value is -2.36. The highest BCUT2D eigenvalue weighted by molar-refractivity contribution is 5.83. The van der Waals surface area contributed by atoms with E-state index in [-0.39, 0.29) is 82.7 Å². The standard InChI is InChI=1S/C33H49NO8/c1-17(4-9-29(40)34-24(31(41)42)12-18-5-8-25(36)26(37)13-18)21-6-7-22-30-23(16-28(39)33(21,22)3)32(2)11-10-20(35)14-19(32)15-27(30)38/h5,8,13,17,19-24,27-28,30,35-39H,4,6-7,9-12,14-16H2,1-3H3,(H,34,40)(H,41,42)/t17-,19+,20-,21-,22+,23+,24?,27-,28+,30+,32+,33-/m1/s1. The minimum atomic E-state index is -1.18. The summed E-state index contributed by atoms with van der Waals surface area (Å²) in [7, 11) is 0. The van der Waals surface area contributed by atoms with E-state index in [9.17, 15) is 40.2 Å². The van der Waals surface area contributed by atoms with Crippen LogP contribution >= 0.6 is 0 Å². The van der Waals surface area contributed by atoms with Gasteiger partial charge in [-0.1, -0.05) is 26.8 Å². The summed E-state index contributed by atoms with van der Waals surface area (Å²) >= 11 is 0. The molecule has 4 aliphatic rings. The minimum Gasteiger partial charge on any atom is -0.504 e. The van der Waals surface area contributed by atoms with Crippen molar-refractivity contribution in [1.29, 1.82) is 0 Å². The van der Waals surface area contributed by atoms with Gasteiger partial charge in [0, 0.05) is 12.8 Å². The number of aliphatic carboxylic acids is 1. The fourth-order valence-corrected chi connectivity index (χ4v) is 10.1. The van der Waals surface area contributed by atoms with Crippen LogP contribution in [0.3, 0.4) is 0 Å². The molecule has 1 aromatic carbocycles. The normalized spacial score (nSPS) is 40.7. The quantitative estimate of drug-likeness (QED) is 0.227. The molecule has 1 amide bonds. The number of phenolic OH excluding ortho intramolecular Hbond substituents is 2. The molecule has 5 rings (SSSR count). The van der Waals surface area contributed by atoms with Gasteiger partial charge in [0.05, 0.1) is 18.3 Å². The number of aliphatic hydroxyl groups excluding tert-OH is 3. The summed E-state index contributed by atoms with van der Waals surface area (Å²) < 4.78 is 0. The minimum absolute atomic E-state index is 0.0206. The van der Waals surface area contributed by atoms with E-state index in [1.807, 2.05) is 0 Å². The summed E-state index contributed by atoms with van der Waals surface area (Å²) in [5.41, 5.74) is 0.141. The molecule has 0 heterocycles. The van der Waals surface area contributed by atoms with Crippen LogP contribution in [-0.4, -0.2) is 66.9 Å². The molecule has 1 unspecified atom stereocenters. The zero-order valence-electron chi connectivity index (χ0n) is 25.1. The highest BCUT2D eigenvalue weighted by Crippen LogP contribution is 2.68. The van der Waals surface area contributed by atoms with Gasteiger partial charge in [-0.25, -0.2) is 4.79 Å². The number of nitrogens with one attached hydrogen (secondary N) is 1. The summed E-state index contributed by atoms with van der Waals surface area (Å²) in [6.45, 7) is 6.63. The van der Waals surface area contributed by atoms with Crippen LogP contribution in [-0.2, 0) is 16.0 Å². The molecule has 234 valence electrons. The van der Waals surface area contributed by atoms with Crippen LogP contribution in [0, 0.1) is 46.3 Å². The number of carbonyl (C=O) groups is 2. The van der Waals surface area contributed by atoms with Crippen LogP contribution in [0.15, 0.2) is 18.2 Å². The Balaban J connectivity index is 1.23. The number of amides is 1. The van der Waals surface area contributed by atoms with E-state index >= 15 is 0 Å². The summed E-state index contributed by atoms with van der Waals surface area (Å²) in [6, 6.07) is 2.92. The molecule has 0 spiro atoms. The lowest BCUT2D eigenvalue weighted by atomic mass is 9.43. The molecule has 0 saturated heterocycles. The maximum absolute atomic E-state index is 12.9. The number of aromatic hydroxyl groups is 2. The number of fused-ring (bicyclic) bond motifs is 5. The molecule has 0 aromatic heterocycles. The zero-order valence-corrected chi connectivity index (χ0v) is 25.1. The van der Waals surface area contributed by atoms with Crippen LogP contribution in [0.4, 0.5) is 0 Å². The second-order valence-corrected chi connectivity index (χ2v) is 14.5. The van der Waals surface area contributed by atoms with Crippen molar-refractivity contribution in [3.63, 3.8) is 0 Å². The van der Waals surface area contributed by atoms with Gasteiger partial charge in [-0.3, -0.25) is 4.79 Å².